The van der Waals surface area contributed by atoms with Crippen LogP contribution in [0.2, 0.25) is 5.02 Å². The van der Waals surface area contributed by atoms with Gasteiger partial charge in [0.15, 0.2) is 11.3 Å². The largest absolute Gasteiger partial charge is 0.451 e. The number of hydrogen-bond acceptors (Lipinski definition) is 7. The SMILES string of the molecule is CC(OC(=O)c1ccc2c(c1)SC1=NS(=O)(=O)CCN12)C(=O)c1cccc(Cl)c1. The van der Waals surface area contributed by atoms with Gasteiger partial charge in [-0.1, -0.05) is 23.7 Å². The first kappa shape index (κ1) is 19.9. The molecule has 1 atom stereocenters. The van der Waals surface area contributed by atoms with Crippen molar-refractivity contribution in [1.29, 1.82) is 0 Å². The third-order valence-corrected chi connectivity index (χ3v) is 7.01. The Morgan fingerprint density at radius 2 is 2.00 bits per heavy atom. The molecule has 0 saturated heterocycles. The standard InChI is InChI=1S/C19H15ClN2O5S2/c1-11(17(23)12-3-2-4-14(20)9-12)27-18(24)13-5-6-15-16(10-13)28-19-21-29(25,26)8-7-22(15)19/h2-6,9-11H,7-8H2,1H3. The summed E-state index contributed by atoms with van der Waals surface area (Å²) < 4.78 is 32.5. The predicted octanol–water partition coefficient (Wildman–Crippen LogP) is 3.38. The summed E-state index contributed by atoms with van der Waals surface area (Å²) in [7, 11) is -3.45. The van der Waals surface area contributed by atoms with Gasteiger partial charge in [-0.05, 0) is 49.0 Å². The predicted molar refractivity (Wildman–Crippen MR) is 112 cm³/mol. The molecule has 2 aliphatic heterocycles. The molecule has 2 heterocycles. The quantitative estimate of drug-likeness (QED) is 0.520. The molecule has 2 aromatic rings. The van der Waals surface area contributed by atoms with Gasteiger partial charge in [0.05, 0.1) is 17.0 Å². The second-order valence-corrected chi connectivity index (χ2v) is 9.72. The van der Waals surface area contributed by atoms with Crippen LogP contribution in [0.25, 0.3) is 0 Å². The van der Waals surface area contributed by atoms with Crippen LogP contribution in [0.3, 0.4) is 0 Å². The summed E-state index contributed by atoms with van der Waals surface area (Å²) in [6.45, 7) is 1.82. The molecule has 29 heavy (non-hydrogen) atoms. The van der Waals surface area contributed by atoms with E-state index >= 15 is 0 Å². The minimum Gasteiger partial charge on any atom is -0.451 e. The molecular formula is C19H15ClN2O5S2. The summed E-state index contributed by atoms with van der Waals surface area (Å²) in [6.07, 6.45) is -0.984. The smallest absolute Gasteiger partial charge is 0.338 e. The van der Waals surface area contributed by atoms with E-state index in [0.29, 0.717) is 27.2 Å². The van der Waals surface area contributed by atoms with Crippen LogP contribution in [0.1, 0.15) is 27.6 Å². The molecule has 10 heteroatoms. The molecule has 0 N–H and O–H groups in total. The van der Waals surface area contributed by atoms with E-state index in [1.807, 2.05) is 4.90 Å². The Hall–Kier alpha value is -2.36. The van der Waals surface area contributed by atoms with E-state index in [9.17, 15) is 18.0 Å². The van der Waals surface area contributed by atoms with E-state index in [2.05, 4.69) is 4.40 Å². The van der Waals surface area contributed by atoms with Crippen molar-refractivity contribution in [3.05, 3.63) is 58.6 Å². The lowest BCUT2D eigenvalue weighted by molar-refractivity contribution is 0.0318. The molecule has 2 aliphatic rings. The zero-order valence-electron chi connectivity index (χ0n) is 15.2. The van der Waals surface area contributed by atoms with Crippen LogP contribution in [-0.2, 0) is 14.8 Å². The first-order valence-corrected chi connectivity index (χ1v) is 11.5. The third kappa shape index (κ3) is 4.03. The Kier molecular flexibility index (Phi) is 5.14. The number of thioether (sulfide) groups is 1. The average Bonchev–Trinajstić information content (AvgIpc) is 3.02. The summed E-state index contributed by atoms with van der Waals surface area (Å²) in [6, 6.07) is 11.4. The molecule has 0 radical (unpaired) electrons. The Balaban J connectivity index is 1.51. The van der Waals surface area contributed by atoms with Crippen molar-refractivity contribution in [3.8, 4) is 0 Å². The van der Waals surface area contributed by atoms with Gasteiger partial charge in [0.2, 0.25) is 5.78 Å². The van der Waals surface area contributed by atoms with Gasteiger partial charge in [0.25, 0.3) is 10.0 Å². The number of ether oxygens (including phenoxy) is 1. The number of sulfonamides is 1. The highest BCUT2D eigenvalue weighted by atomic mass is 35.5. The van der Waals surface area contributed by atoms with E-state index in [1.54, 1.807) is 36.4 Å². The Labute approximate surface area is 176 Å². The van der Waals surface area contributed by atoms with Crippen LogP contribution in [0, 0.1) is 0 Å². The number of carbonyl (C=O) groups is 2. The lowest BCUT2D eigenvalue weighted by Gasteiger charge is -2.22. The monoisotopic (exact) mass is 450 g/mol. The van der Waals surface area contributed by atoms with Gasteiger partial charge >= 0.3 is 5.97 Å². The van der Waals surface area contributed by atoms with E-state index in [0.717, 1.165) is 5.69 Å². The highest BCUT2D eigenvalue weighted by molar-refractivity contribution is 8.15. The summed E-state index contributed by atoms with van der Waals surface area (Å²) in [5, 5.41) is 0.799. The van der Waals surface area contributed by atoms with Gasteiger partial charge in [-0.15, -0.1) is 4.40 Å². The molecule has 4 rings (SSSR count). The maximum Gasteiger partial charge on any atom is 0.338 e. The second-order valence-electron chi connectivity index (χ2n) is 6.52. The van der Waals surface area contributed by atoms with Crippen LogP contribution in [0.4, 0.5) is 5.69 Å². The summed E-state index contributed by atoms with van der Waals surface area (Å²) in [5.74, 6) is -1.05. The minimum absolute atomic E-state index is 0.0522. The van der Waals surface area contributed by atoms with Gasteiger partial charge < -0.3 is 9.64 Å². The first-order valence-electron chi connectivity index (χ1n) is 8.66. The molecule has 150 valence electrons. The fourth-order valence-electron chi connectivity index (χ4n) is 3.02. The number of hydrogen-bond donors (Lipinski definition) is 0. The van der Waals surface area contributed by atoms with Crippen molar-refractivity contribution in [1.82, 2.24) is 0 Å². The van der Waals surface area contributed by atoms with Crippen LogP contribution in [-0.4, -0.2) is 43.7 Å². The zero-order valence-corrected chi connectivity index (χ0v) is 17.6. The maximum atomic E-state index is 12.5. The number of halogens is 1. The van der Waals surface area contributed by atoms with Crippen LogP contribution >= 0.6 is 23.4 Å². The number of nitrogens with zero attached hydrogens (tertiary/aromatic N) is 2. The lowest BCUT2D eigenvalue weighted by atomic mass is 10.1. The number of carbonyl (C=O) groups excluding carboxylic acids is 2. The van der Waals surface area contributed by atoms with E-state index in [4.69, 9.17) is 16.3 Å². The molecule has 1 unspecified atom stereocenters. The average molecular weight is 451 g/mol. The Morgan fingerprint density at radius 1 is 1.21 bits per heavy atom. The third-order valence-electron chi connectivity index (χ3n) is 4.47. The van der Waals surface area contributed by atoms with Gasteiger partial charge in [-0.2, -0.15) is 0 Å². The molecule has 0 aromatic heterocycles. The van der Waals surface area contributed by atoms with Crippen LogP contribution in [0.5, 0.6) is 0 Å². The van der Waals surface area contributed by atoms with Crippen molar-refractivity contribution < 1.29 is 22.7 Å². The number of anilines is 1. The Morgan fingerprint density at radius 3 is 2.76 bits per heavy atom. The fraction of sp³-hybridized carbons (Fsp3) is 0.211. The van der Waals surface area contributed by atoms with Crippen LogP contribution in [0.15, 0.2) is 51.8 Å². The van der Waals surface area contributed by atoms with E-state index < -0.39 is 22.1 Å². The number of fused-ring (bicyclic) bond motifs is 3. The molecule has 0 bridgehead atoms. The Bertz CT molecular complexity index is 1160. The highest BCUT2D eigenvalue weighted by Gasteiger charge is 2.33. The van der Waals surface area contributed by atoms with E-state index in [-0.39, 0.29) is 17.1 Å². The number of benzene rings is 2. The van der Waals surface area contributed by atoms with Crippen molar-refractivity contribution in [2.45, 2.75) is 17.9 Å². The minimum atomic E-state index is -3.45. The highest BCUT2D eigenvalue weighted by Crippen LogP contribution is 2.42. The molecule has 0 amide bonds. The molecule has 7 nitrogen and oxygen atoms in total. The fourth-order valence-corrected chi connectivity index (χ4v) is 5.50. The molecule has 0 spiro atoms. The van der Waals surface area contributed by atoms with Crippen molar-refractivity contribution >= 4 is 56.0 Å². The summed E-state index contributed by atoms with van der Waals surface area (Å²) >= 11 is 7.09. The topological polar surface area (TPSA) is 93.1 Å². The van der Waals surface area contributed by atoms with Gasteiger partial charge in [-0.25, -0.2) is 13.2 Å². The first-order chi connectivity index (χ1) is 13.7. The summed E-state index contributed by atoms with van der Waals surface area (Å²) in [5.41, 5.74) is 1.42. The lowest BCUT2D eigenvalue weighted by Crippen LogP contribution is -2.35. The van der Waals surface area contributed by atoms with Crippen molar-refractivity contribution in [2.24, 2.45) is 4.40 Å². The maximum absolute atomic E-state index is 12.5. The van der Waals surface area contributed by atoms with Crippen molar-refractivity contribution in [3.63, 3.8) is 0 Å². The summed E-state index contributed by atoms with van der Waals surface area (Å²) in [4.78, 5) is 27.5. The van der Waals surface area contributed by atoms with Gasteiger partial charge in [-0.3, -0.25) is 4.79 Å². The number of ketones is 1. The molecule has 0 fully saturated rings. The number of esters is 1. The van der Waals surface area contributed by atoms with E-state index in [1.165, 1.54) is 24.8 Å². The van der Waals surface area contributed by atoms with Crippen molar-refractivity contribution in [2.75, 3.05) is 17.2 Å². The number of amidine groups is 1. The second kappa shape index (κ2) is 7.47. The molecule has 2 aromatic carbocycles. The van der Waals surface area contributed by atoms with Gasteiger partial charge in [0, 0.05) is 22.0 Å². The molecular weight excluding hydrogens is 436 g/mol. The number of rotatable bonds is 4. The number of Topliss-reactive ketones (excluding diaryl/α,β-unsaturated/α-hetero) is 1. The van der Waals surface area contributed by atoms with Gasteiger partial charge in [0.1, 0.15) is 0 Å². The zero-order chi connectivity index (χ0) is 20.8. The molecule has 0 aliphatic carbocycles. The van der Waals surface area contributed by atoms with Crippen LogP contribution < -0.4 is 4.90 Å². The molecule has 0 saturated carbocycles. The normalized spacial score (nSPS) is 17.7.